The second-order valence-corrected chi connectivity index (χ2v) is 4.99. The highest BCUT2D eigenvalue weighted by molar-refractivity contribution is 5.75. The van der Waals surface area contributed by atoms with Crippen molar-refractivity contribution >= 4 is 5.91 Å². The van der Waals surface area contributed by atoms with Crippen LogP contribution in [0.2, 0.25) is 0 Å². The number of amides is 1. The molecule has 86 valence electrons. The van der Waals surface area contributed by atoms with Crippen LogP contribution in [0.1, 0.15) is 39.0 Å². The van der Waals surface area contributed by atoms with Crippen molar-refractivity contribution in [1.82, 2.24) is 10.3 Å². The van der Waals surface area contributed by atoms with E-state index in [0.29, 0.717) is 12.5 Å². The van der Waals surface area contributed by atoms with Gasteiger partial charge < -0.3 is 0 Å². The van der Waals surface area contributed by atoms with Gasteiger partial charge in [0.1, 0.15) is 0 Å². The van der Waals surface area contributed by atoms with Crippen molar-refractivity contribution in [2.24, 2.45) is 11.8 Å². The van der Waals surface area contributed by atoms with E-state index in [9.17, 15) is 4.79 Å². The molecule has 4 nitrogen and oxygen atoms in total. The van der Waals surface area contributed by atoms with E-state index in [1.54, 1.807) is 0 Å². The molecule has 1 amide bonds. The molecule has 0 aromatic heterocycles. The lowest BCUT2D eigenvalue weighted by atomic mass is 10.1. The van der Waals surface area contributed by atoms with Crippen LogP contribution in [-0.2, 0) is 4.79 Å². The van der Waals surface area contributed by atoms with Crippen LogP contribution >= 0.6 is 0 Å². The fourth-order valence-corrected chi connectivity index (χ4v) is 2.14. The summed E-state index contributed by atoms with van der Waals surface area (Å²) in [5, 5.41) is 0. The number of carbonyl (C=O) groups excluding carboxylic acids is 1. The highest BCUT2D eigenvalue weighted by atomic mass is 16.2. The molecule has 2 rings (SSSR count). The van der Waals surface area contributed by atoms with Gasteiger partial charge in [-0.3, -0.25) is 15.1 Å². The minimum absolute atomic E-state index is 0.0519. The number of nitrogens with two attached hydrogens (primary N) is 1. The van der Waals surface area contributed by atoms with Crippen LogP contribution in [0.5, 0.6) is 0 Å². The average molecular weight is 211 g/mol. The maximum atomic E-state index is 11.2. The predicted octanol–water partition coefficient (Wildman–Crippen LogP) is 0.629. The summed E-state index contributed by atoms with van der Waals surface area (Å²) in [5.41, 5.74) is 2.21. The highest BCUT2D eigenvalue weighted by Gasteiger charge is 2.36. The molecular weight excluding hydrogens is 190 g/mol. The molecule has 0 aliphatic heterocycles. The van der Waals surface area contributed by atoms with Gasteiger partial charge in [-0.1, -0.05) is 0 Å². The fourth-order valence-electron chi connectivity index (χ4n) is 2.14. The summed E-state index contributed by atoms with van der Waals surface area (Å²) in [6.07, 6.45) is 5.89. The Morgan fingerprint density at radius 3 is 2.60 bits per heavy atom. The van der Waals surface area contributed by atoms with Gasteiger partial charge in [-0.05, 0) is 38.5 Å². The number of hydrazine groups is 1. The molecule has 4 heteroatoms. The van der Waals surface area contributed by atoms with Crippen LogP contribution in [0.3, 0.4) is 0 Å². The lowest BCUT2D eigenvalue weighted by Crippen LogP contribution is -2.41. The second-order valence-electron chi connectivity index (χ2n) is 4.99. The molecule has 2 fully saturated rings. The smallest absolute Gasteiger partial charge is 0.235 e. The van der Waals surface area contributed by atoms with Gasteiger partial charge in [-0.2, -0.15) is 0 Å². The summed E-state index contributed by atoms with van der Waals surface area (Å²) in [5.74, 6) is 5.95. The van der Waals surface area contributed by atoms with Crippen molar-refractivity contribution in [1.29, 1.82) is 0 Å². The van der Waals surface area contributed by atoms with Crippen LogP contribution in [0.15, 0.2) is 0 Å². The summed E-state index contributed by atoms with van der Waals surface area (Å²) < 4.78 is 0. The van der Waals surface area contributed by atoms with Crippen molar-refractivity contribution in [2.45, 2.75) is 51.1 Å². The molecule has 2 aliphatic carbocycles. The molecule has 15 heavy (non-hydrogen) atoms. The van der Waals surface area contributed by atoms with Crippen molar-refractivity contribution in [2.75, 3.05) is 6.54 Å². The Morgan fingerprint density at radius 2 is 2.13 bits per heavy atom. The number of hydrogen-bond donors (Lipinski definition) is 2. The SMILES string of the molecule is CC(CC(=O)NN)N(CC1CC1)C1CC1. The average Bonchev–Trinajstić information content (AvgIpc) is 3.04. The first-order valence-electron chi connectivity index (χ1n) is 5.96. The van der Waals surface area contributed by atoms with E-state index in [1.807, 2.05) is 0 Å². The first-order valence-corrected chi connectivity index (χ1v) is 5.96. The largest absolute Gasteiger partial charge is 0.297 e. The second kappa shape index (κ2) is 4.49. The Kier molecular flexibility index (Phi) is 3.26. The highest BCUT2D eigenvalue weighted by Crippen LogP contribution is 2.36. The van der Waals surface area contributed by atoms with Crippen molar-refractivity contribution in [3.63, 3.8) is 0 Å². The zero-order valence-corrected chi connectivity index (χ0v) is 9.41. The van der Waals surface area contributed by atoms with E-state index in [-0.39, 0.29) is 5.91 Å². The van der Waals surface area contributed by atoms with Gasteiger partial charge in [0.2, 0.25) is 5.91 Å². The van der Waals surface area contributed by atoms with Gasteiger partial charge in [-0.25, -0.2) is 5.84 Å². The molecule has 0 heterocycles. The van der Waals surface area contributed by atoms with Gasteiger partial charge in [0.05, 0.1) is 0 Å². The molecule has 0 radical (unpaired) electrons. The minimum atomic E-state index is -0.0519. The predicted molar refractivity (Wildman–Crippen MR) is 58.9 cm³/mol. The first kappa shape index (κ1) is 10.9. The lowest BCUT2D eigenvalue weighted by molar-refractivity contribution is -0.122. The summed E-state index contributed by atoms with van der Waals surface area (Å²) >= 11 is 0. The van der Waals surface area contributed by atoms with Crippen LogP contribution in [0.25, 0.3) is 0 Å². The van der Waals surface area contributed by atoms with Gasteiger partial charge in [0, 0.05) is 25.0 Å². The Morgan fingerprint density at radius 1 is 1.47 bits per heavy atom. The Labute approximate surface area is 91.2 Å². The maximum absolute atomic E-state index is 11.2. The molecule has 0 aromatic rings. The van der Waals surface area contributed by atoms with Crippen LogP contribution < -0.4 is 11.3 Å². The lowest BCUT2D eigenvalue weighted by Gasteiger charge is -2.28. The molecule has 0 spiro atoms. The van der Waals surface area contributed by atoms with Crippen molar-refractivity contribution in [3.05, 3.63) is 0 Å². The Hall–Kier alpha value is -0.610. The first-order chi connectivity index (χ1) is 7.20. The zero-order chi connectivity index (χ0) is 10.8. The molecule has 3 N–H and O–H groups in total. The van der Waals surface area contributed by atoms with E-state index in [2.05, 4.69) is 17.2 Å². The van der Waals surface area contributed by atoms with E-state index < -0.39 is 0 Å². The van der Waals surface area contributed by atoms with Gasteiger partial charge >= 0.3 is 0 Å². The van der Waals surface area contributed by atoms with Crippen LogP contribution in [-0.4, -0.2) is 29.4 Å². The topological polar surface area (TPSA) is 58.4 Å². The molecule has 0 saturated heterocycles. The molecule has 2 aliphatic rings. The fraction of sp³-hybridized carbons (Fsp3) is 0.909. The number of hydrogen-bond acceptors (Lipinski definition) is 3. The number of carbonyl (C=O) groups is 1. The zero-order valence-electron chi connectivity index (χ0n) is 9.41. The minimum Gasteiger partial charge on any atom is -0.297 e. The van der Waals surface area contributed by atoms with Gasteiger partial charge in [0.15, 0.2) is 0 Å². The molecule has 1 unspecified atom stereocenters. The summed E-state index contributed by atoms with van der Waals surface area (Å²) in [6, 6.07) is 1.08. The third kappa shape index (κ3) is 3.18. The maximum Gasteiger partial charge on any atom is 0.235 e. The summed E-state index contributed by atoms with van der Waals surface area (Å²) in [4.78, 5) is 13.7. The third-order valence-electron chi connectivity index (χ3n) is 3.39. The standard InChI is InChI=1S/C11H21N3O/c1-8(6-11(15)13-12)14(10-4-5-10)7-9-2-3-9/h8-10H,2-7,12H2,1H3,(H,13,15). The Balaban J connectivity index is 1.82. The van der Waals surface area contributed by atoms with Crippen molar-refractivity contribution < 1.29 is 4.79 Å². The molecule has 1 atom stereocenters. The van der Waals surface area contributed by atoms with Crippen molar-refractivity contribution in [3.8, 4) is 0 Å². The van der Waals surface area contributed by atoms with Gasteiger partial charge in [-0.15, -0.1) is 0 Å². The molecule has 2 saturated carbocycles. The van der Waals surface area contributed by atoms with Crippen LogP contribution in [0, 0.1) is 5.92 Å². The monoisotopic (exact) mass is 211 g/mol. The Bertz CT molecular complexity index is 236. The van der Waals surface area contributed by atoms with E-state index in [1.165, 1.54) is 32.2 Å². The van der Waals surface area contributed by atoms with E-state index in [0.717, 1.165) is 12.0 Å². The molecular formula is C11H21N3O. The van der Waals surface area contributed by atoms with E-state index in [4.69, 9.17) is 5.84 Å². The summed E-state index contributed by atoms with van der Waals surface area (Å²) in [6.45, 7) is 3.32. The van der Waals surface area contributed by atoms with Crippen LogP contribution in [0.4, 0.5) is 0 Å². The third-order valence-corrected chi connectivity index (χ3v) is 3.39. The molecule has 0 aromatic carbocycles. The summed E-state index contributed by atoms with van der Waals surface area (Å²) in [7, 11) is 0. The van der Waals surface area contributed by atoms with Gasteiger partial charge in [0.25, 0.3) is 0 Å². The normalized spacial score (nSPS) is 22.9. The number of nitrogens with one attached hydrogen (secondary N) is 1. The molecule has 0 bridgehead atoms. The number of rotatable bonds is 6. The quantitative estimate of drug-likeness (QED) is 0.385. The van der Waals surface area contributed by atoms with E-state index >= 15 is 0 Å². The number of nitrogens with zero attached hydrogens (tertiary/aromatic N) is 1.